The summed E-state index contributed by atoms with van der Waals surface area (Å²) in [5.74, 6) is 0. The predicted octanol–water partition coefficient (Wildman–Crippen LogP) is 2.24. The molecule has 0 fully saturated rings. The van der Waals surface area contributed by atoms with E-state index < -0.39 is 0 Å². The average Bonchev–Trinajstić information content (AvgIpc) is 1.50. The molecule has 0 aliphatic heterocycles. The Morgan fingerprint density at radius 1 is 0.600 bits per heavy atom. The zero-order valence-corrected chi connectivity index (χ0v) is 2.83. The van der Waals surface area contributed by atoms with Gasteiger partial charge in [-0.3, -0.25) is 0 Å². The molecule has 0 unspecified atom stereocenters. The predicted molar refractivity (Wildman–Crippen MR) is 29.2 cm³/mol. The van der Waals surface area contributed by atoms with E-state index in [4.69, 9.17) is 0 Å². The third-order valence-electron chi connectivity index (χ3n) is 0. The largest absolute Gasteiger partial charge is 0.106 e. The lowest BCUT2D eigenvalue weighted by Gasteiger charge is -0.813. The van der Waals surface area contributed by atoms with Crippen LogP contribution < -0.4 is 0 Å². The van der Waals surface area contributed by atoms with Crippen LogP contribution in [0.2, 0.25) is 0 Å². The molecular formula is C5H12. The van der Waals surface area contributed by atoms with E-state index in [1.54, 1.807) is 0 Å². The Kier molecular flexibility index (Phi) is 392. The first-order valence-electron chi connectivity index (χ1n) is 1.000. The van der Waals surface area contributed by atoms with Crippen molar-refractivity contribution in [3.8, 4) is 0 Å². The first-order valence-corrected chi connectivity index (χ1v) is 1.000. The van der Waals surface area contributed by atoms with Crippen molar-refractivity contribution in [3.63, 3.8) is 0 Å². The molecule has 0 radical (unpaired) electrons. The molecule has 0 bridgehead atoms. The van der Waals surface area contributed by atoms with Crippen LogP contribution in [0.15, 0.2) is 26.3 Å². The van der Waals surface area contributed by atoms with Gasteiger partial charge in [-0.1, -0.05) is 7.43 Å². The molecule has 0 heteroatoms. The van der Waals surface area contributed by atoms with Crippen LogP contribution in [-0.2, 0) is 0 Å². The third-order valence-corrected chi connectivity index (χ3v) is 0. The maximum absolute atomic E-state index is 3.00. The second-order valence-electron chi connectivity index (χ2n) is 0. The van der Waals surface area contributed by atoms with Crippen LogP contribution in [0.1, 0.15) is 7.43 Å². The summed E-state index contributed by atoms with van der Waals surface area (Å²) in [6, 6.07) is 0. The second-order valence-corrected chi connectivity index (χ2v) is 0. The fourth-order valence-corrected chi connectivity index (χ4v) is 0. The van der Waals surface area contributed by atoms with Gasteiger partial charge in [0, 0.05) is 0 Å². The summed E-state index contributed by atoms with van der Waals surface area (Å²) in [7, 11) is 0. The van der Waals surface area contributed by atoms with Crippen LogP contribution in [0.25, 0.3) is 0 Å². The molecule has 0 atom stereocenters. The highest BCUT2D eigenvalue weighted by atomic mass is 12.7. The normalized spacial score (nSPS) is 1.60. The van der Waals surface area contributed by atoms with Crippen LogP contribution >= 0.6 is 0 Å². The molecule has 0 aromatic rings. The third kappa shape index (κ3) is 28.2. The van der Waals surface area contributed by atoms with E-state index >= 15 is 0 Å². The molecule has 0 amide bonds. The summed E-state index contributed by atoms with van der Waals surface area (Å²) in [5.41, 5.74) is 0. The fourth-order valence-electron chi connectivity index (χ4n) is 0. The zero-order valence-electron chi connectivity index (χ0n) is 2.83. The molecule has 0 saturated carbocycles. The molecule has 0 aliphatic rings. The van der Waals surface area contributed by atoms with Gasteiger partial charge in [-0.05, 0) is 0 Å². The van der Waals surface area contributed by atoms with Crippen molar-refractivity contribution in [2.24, 2.45) is 0 Å². The molecule has 32 valence electrons. The molecule has 0 spiro atoms. The molecule has 0 rings (SSSR count). The Balaban J connectivity index is -0.0000000133. The summed E-state index contributed by atoms with van der Waals surface area (Å²) < 4.78 is 0. The van der Waals surface area contributed by atoms with Gasteiger partial charge in [0.1, 0.15) is 0 Å². The van der Waals surface area contributed by atoms with E-state index in [9.17, 15) is 0 Å². The highest BCUT2D eigenvalue weighted by molar-refractivity contribution is 4.22. The van der Waals surface area contributed by atoms with Crippen molar-refractivity contribution in [1.29, 1.82) is 0 Å². The number of hydrogen-bond acceptors (Lipinski definition) is 0. The zero-order chi connectivity index (χ0) is 4.00. The molecule has 5 heavy (non-hydrogen) atoms. The van der Waals surface area contributed by atoms with Crippen molar-refractivity contribution in [3.05, 3.63) is 26.3 Å². The molecule has 0 heterocycles. The van der Waals surface area contributed by atoms with Crippen LogP contribution in [0.3, 0.4) is 0 Å². The van der Waals surface area contributed by atoms with E-state index in [-0.39, 0.29) is 7.43 Å². The van der Waals surface area contributed by atoms with Gasteiger partial charge in [0.05, 0.1) is 0 Å². The summed E-state index contributed by atoms with van der Waals surface area (Å²) in [6.45, 7) is 12.0. The van der Waals surface area contributed by atoms with Crippen molar-refractivity contribution in [2.75, 3.05) is 0 Å². The lowest BCUT2D eigenvalue weighted by atomic mass is 11.3. The van der Waals surface area contributed by atoms with Crippen molar-refractivity contribution in [1.82, 2.24) is 0 Å². The summed E-state index contributed by atoms with van der Waals surface area (Å²) in [6.07, 6.45) is 0. The average molecular weight is 72.2 g/mol. The fraction of sp³-hybridized carbons (Fsp3) is 0.200. The van der Waals surface area contributed by atoms with Crippen LogP contribution in [0.5, 0.6) is 0 Å². The minimum atomic E-state index is 0. The summed E-state index contributed by atoms with van der Waals surface area (Å²) in [5, 5.41) is 0. The Hall–Kier alpha value is -0.520. The first-order chi connectivity index (χ1) is 2.00. The maximum atomic E-state index is 3.00. The number of hydrogen-bond donors (Lipinski definition) is 0. The van der Waals surface area contributed by atoms with E-state index in [0.717, 1.165) is 0 Å². The molecule has 0 aliphatic carbocycles. The van der Waals surface area contributed by atoms with E-state index in [1.165, 1.54) is 0 Å². The first kappa shape index (κ1) is 24.8. The van der Waals surface area contributed by atoms with Gasteiger partial charge in [-0.25, -0.2) is 0 Å². The molecular weight excluding hydrogens is 60.1 g/mol. The highest BCUT2D eigenvalue weighted by Crippen LogP contribution is 0.864. The second kappa shape index (κ2) is 79.2. The smallest absolute Gasteiger partial charge is 0.0776 e. The summed E-state index contributed by atoms with van der Waals surface area (Å²) >= 11 is 0. The Labute approximate surface area is 34.8 Å². The lowest BCUT2D eigenvalue weighted by molar-refractivity contribution is 2.50. The molecule has 0 saturated heterocycles. The minimum absolute atomic E-state index is 0. The van der Waals surface area contributed by atoms with Gasteiger partial charge in [0.2, 0.25) is 0 Å². The topological polar surface area (TPSA) is 0 Å². The lowest BCUT2D eigenvalue weighted by Crippen LogP contribution is -0.552. The van der Waals surface area contributed by atoms with Gasteiger partial charge in [-0.2, -0.15) is 0 Å². The van der Waals surface area contributed by atoms with Crippen LogP contribution in [0, 0.1) is 0 Å². The quantitative estimate of drug-likeness (QED) is 0.385. The Bertz CT molecular complexity index is 2.00. The monoisotopic (exact) mass is 72.1 g/mol. The van der Waals surface area contributed by atoms with Gasteiger partial charge >= 0.3 is 0 Å². The SMILES string of the molecule is C.C=C.C=C. The Morgan fingerprint density at radius 3 is 0.600 bits per heavy atom. The van der Waals surface area contributed by atoms with Crippen molar-refractivity contribution >= 4 is 0 Å². The van der Waals surface area contributed by atoms with Gasteiger partial charge < -0.3 is 0 Å². The van der Waals surface area contributed by atoms with Gasteiger partial charge in [-0.15, -0.1) is 26.3 Å². The molecule has 0 nitrogen and oxygen atoms in total. The number of rotatable bonds is 0. The van der Waals surface area contributed by atoms with Crippen molar-refractivity contribution in [2.45, 2.75) is 7.43 Å². The van der Waals surface area contributed by atoms with Gasteiger partial charge in [0.25, 0.3) is 0 Å². The Morgan fingerprint density at radius 2 is 0.600 bits per heavy atom. The minimum Gasteiger partial charge on any atom is -0.106 e. The van der Waals surface area contributed by atoms with E-state index in [1.807, 2.05) is 0 Å². The van der Waals surface area contributed by atoms with Crippen LogP contribution in [0.4, 0.5) is 0 Å². The maximum Gasteiger partial charge on any atom is -0.0776 e. The van der Waals surface area contributed by atoms with Crippen molar-refractivity contribution < 1.29 is 0 Å². The van der Waals surface area contributed by atoms with Crippen LogP contribution in [-0.4, -0.2) is 0 Å². The molecule has 0 aromatic carbocycles. The molecule has 0 N–H and O–H groups in total. The molecule has 0 aromatic heterocycles. The standard InChI is InChI=1S/2C2H4.CH4/c2*1-2;/h2*1-2H2;1H4. The van der Waals surface area contributed by atoms with E-state index in [0.29, 0.717) is 0 Å². The van der Waals surface area contributed by atoms with Gasteiger partial charge in [0.15, 0.2) is 0 Å². The van der Waals surface area contributed by atoms with E-state index in [2.05, 4.69) is 26.3 Å². The summed E-state index contributed by atoms with van der Waals surface area (Å²) in [4.78, 5) is 0. The highest BCUT2D eigenvalue weighted by Gasteiger charge is 0.603.